The summed E-state index contributed by atoms with van der Waals surface area (Å²) in [4.78, 5) is 18.8. The fourth-order valence-corrected chi connectivity index (χ4v) is 5.61. The third-order valence-corrected chi connectivity index (χ3v) is 7.53. The second kappa shape index (κ2) is 8.04. The van der Waals surface area contributed by atoms with Crippen molar-refractivity contribution in [2.75, 3.05) is 0 Å². The molecule has 3 heterocycles. The quantitative estimate of drug-likeness (QED) is 0.259. The number of fused-ring (bicyclic) bond motifs is 3. The summed E-state index contributed by atoms with van der Waals surface area (Å²) in [5.41, 5.74) is -0.620. The van der Waals surface area contributed by atoms with E-state index in [1.54, 1.807) is 6.07 Å². The van der Waals surface area contributed by atoms with Crippen molar-refractivity contribution in [2.24, 2.45) is 0 Å². The zero-order valence-electron chi connectivity index (χ0n) is 18.1. The molecule has 0 spiro atoms. The summed E-state index contributed by atoms with van der Waals surface area (Å²) in [6, 6.07) is 7.89. The Kier molecular flexibility index (Phi) is 5.13. The number of phenolic OH excluding ortho intramolecular Hbond substituents is 1. The van der Waals surface area contributed by atoms with Gasteiger partial charge in [0.15, 0.2) is 17.2 Å². The van der Waals surface area contributed by atoms with Crippen LogP contribution in [0.5, 0.6) is 5.75 Å². The van der Waals surface area contributed by atoms with Crippen LogP contribution in [-0.4, -0.2) is 19.8 Å². The first-order valence-electron chi connectivity index (χ1n) is 10.8. The van der Waals surface area contributed by atoms with E-state index in [1.807, 2.05) is 0 Å². The summed E-state index contributed by atoms with van der Waals surface area (Å²) < 4.78 is 59.8. The predicted molar refractivity (Wildman–Crippen MR) is 126 cm³/mol. The topological polar surface area (TPSA) is 81.2 Å². The Labute approximate surface area is 208 Å². The first-order valence-corrected chi connectivity index (χ1v) is 12.0. The highest BCUT2D eigenvalue weighted by atomic mass is 35.5. The zero-order chi connectivity index (χ0) is 25.4. The Morgan fingerprint density at radius 3 is 2.67 bits per heavy atom. The highest BCUT2D eigenvalue weighted by Crippen LogP contribution is 2.45. The first kappa shape index (κ1) is 23.0. The second-order valence-corrected chi connectivity index (χ2v) is 9.97. The van der Waals surface area contributed by atoms with Gasteiger partial charge >= 0.3 is 6.18 Å². The van der Waals surface area contributed by atoms with E-state index in [9.17, 15) is 27.5 Å². The van der Waals surface area contributed by atoms with Crippen LogP contribution in [0.4, 0.5) is 17.6 Å². The van der Waals surface area contributed by atoms with Crippen molar-refractivity contribution in [1.82, 2.24) is 14.7 Å². The van der Waals surface area contributed by atoms with Crippen LogP contribution in [0.2, 0.25) is 5.02 Å². The maximum atomic E-state index is 14.1. The molecule has 2 aromatic carbocycles. The molecule has 0 radical (unpaired) electrons. The van der Waals surface area contributed by atoms with Gasteiger partial charge in [0.2, 0.25) is 0 Å². The standard InChI is InChI=1S/C24H14ClF4N3O3S/c25-16-6-5-14-18-22(36-20(14)19(16)33)30-21(13-4-3-11(26)7-15(13)10-1-2-10)32(23(18)34)9-12-8-17(31-35-12)24(27,28)29/h3-8,10,33H,1-2,9H2. The molecule has 0 aliphatic heterocycles. The van der Waals surface area contributed by atoms with Crippen molar-refractivity contribution in [3.63, 3.8) is 0 Å². The molecule has 12 heteroatoms. The molecule has 3 aromatic heterocycles. The van der Waals surface area contributed by atoms with Crippen molar-refractivity contribution < 1.29 is 27.2 Å². The number of aromatic hydroxyl groups is 1. The molecule has 0 unspecified atom stereocenters. The Balaban J connectivity index is 1.64. The lowest BCUT2D eigenvalue weighted by Gasteiger charge is -2.14. The van der Waals surface area contributed by atoms with E-state index in [2.05, 4.69) is 10.1 Å². The van der Waals surface area contributed by atoms with E-state index in [0.29, 0.717) is 26.0 Å². The number of rotatable bonds is 4. The molecule has 36 heavy (non-hydrogen) atoms. The van der Waals surface area contributed by atoms with E-state index in [4.69, 9.17) is 16.1 Å². The minimum absolute atomic E-state index is 0.0871. The van der Waals surface area contributed by atoms with Gasteiger partial charge in [0.05, 0.1) is 21.7 Å². The van der Waals surface area contributed by atoms with Crippen LogP contribution < -0.4 is 5.56 Å². The summed E-state index contributed by atoms with van der Waals surface area (Å²) >= 11 is 7.11. The van der Waals surface area contributed by atoms with Crippen molar-refractivity contribution >= 4 is 43.2 Å². The molecule has 6 rings (SSSR count). The van der Waals surface area contributed by atoms with Gasteiger partial charge in [0, 0.05) is 17.0 Å². The highest BCUT2D eigenvalue weighted by Gasteiger charge is 2.35. The van der Waals surface area contributed by atoms with Gasteiger partial charge in [-0.15, -0.1) is 11.3 Å². The summed E-state index contributed by atoms with van der Waals surface area (Å²) in [7, 11) is 0. The fraction of sp³-hybridized carbons (Fsp3) is 0.208. The molecule has 184 valence electrons. The van der Waals surface area contributed by atoms with E-state index >= 15 is 0 Å². The number of hydrogen-bond donors (Lipinski definition) is 1. The van der Waals surface area contributed by atoms with Gasteiger partial charge < -0.3 is 9.63 Å². The Morgan fingerprint density at radius 2 is 1.97 bits per heavy atom. The molecule has 6 nitrogen and oxygen atoms in total. The highest BCUT2D eigenvalue weighted by molar-refractivity contribution is 7.25. The van der Waals surface area contributed by atoms with Crippen molar-refractivity contribution in [1.29, 1.82) is 0 Å². The maximum absolute atomic E-state index is 14.1. The fourth-order valence-electron chi connectivity index (χ4n) is 4.28. The van der Waals surface area contributed by atoms with Crippen LogP contribution in [0.15, 0.2) is 45.7 Å². The number of alkyl halides is 3. The lowest BCUT2D eigenvalue weighted by atomic mass is 10.0. The maximum Gasteiger partial charge on any atom is 0.436 e. The monoisotopic (exact) mass is 535 g/mol. The summed E-state index contributed by atoms with van der Waals surface area (Å²) in [5, 5.41) is 14.2. The lowest BCUT2D eigenvalue weighted by Crippen LogP contribution is -2.24. The van der Waals surface area contributed by atoms with Gasteiger partial charge in [-0.05, 0) is 48.6 Å². The van der Waals surface area contributed by atoms with Crippen molar-refractivity contribution in [3.05, 3.63) is 74.6 Å². The van der Waals surface area contributed by atoms with Crippen LogP contribution >= 0.6 is 22.9 Å². The average Bonchev–Trinajstić information content (AvgIpc) is 3.43. The Hall–Kier alpha value is -3.44. The van der Waals surface area contributed by atoms with Crippen LogP contribution in [0, 0.1) is 5.82 Å². The largest absolute Gasteiger partial charge is 0.505 e. The van der Waals surface area contributed by atoms with E-state index in [1.165, 1.54) is 28.8 Å². The smallest absolute Gasteiger partial charge is 0.436 e. The number of aromatic nitrogens is 3. The van der Waals surface area contributed by atoms with Crippen LogP contribution in [0.25, 0.3) is 31.7 Å². The molecule has 0 saturated heterocycles. The number of benzene rings is 2. The lowest BCUT2D eigenvalue weighted by molar-refractivity contribution is -0.142. The third-order valence-electron chi connectivity index (χ3n) is 6.12. The molecule has 0 amide bonds. The van der Waals surface area contributed by atoms with Crippen molar-refractivity contribution in [3.8, 4) is 17.1 Å². The summed E-state index contributed by atoms with van der Waals surface area (Å²) in [6.45, 7) is -0.390. The molecule has 1 aliphatic carbocycles. The number of thiophene rings is 1. The number of halogens is 5. The second-order valence-electron chi connectivity index (χ2n) is 8.56. The molecule has 5 aromatic rings. The van der Waals surface area contributed by atoms with Gasteiger partial charge in [0.1, 0.15) is 16.5 Å². The molecule has 1 N–H and O–H groups in total. The molecule has 0 bridgehead atoms. The number of phenols is 1. The van der Waals surface area contributed by atoms with Gasteiger partial charge in [-0.3, -0.25) is 9.36 Å². The van der Waals surface area contributed by atoms with Crippen molar-refractivity contribution in [2.45, 2.75) is 31.5 Å². The van der Waals surface area contributed by atoms with Gasteiger partial charge in [-0.1, -0.05) is 22.8 Å². The zero-order valence-corrected chi connectivity index (χ0v) is 19.6. The molecule has 0 atom stereocenters. The normalized spacial score (nSPS) is 14.2. The van der Waals surface area contributed by atoms with E-state index in [0.717, 1.165) is 30.2 Å². The minimum Gasteiger partial charge on any atom is -0.505 e. The van der Waals surface area contributed by atoms with Gasteiger partial charge in [-0.25, -0.2) is 9.37 Å². The number of hydrogen-bond acceptors (Lipinski definition) is 6. The minimum atomic E-state index is -4.71. The predicted octanol–water partition coefficient (Wildman–Crippen LogP) is 6.71. The van der Waals surface area contributed by atoms with Crippen LogP contribution in [0.3, 0.4) is 0 Å². The molecular weight excluding hydrogens is 522 g/mol. The molecule has 1 fully saturated rings. The molecule has 1 saturated carbocycles. The van der Waals surface area contributed by atoms with E-state index in [-0.39, 0.29) is 33.7 Å². The van der Waals surface area contributed by atoms with Gasteiger partial charge in [0.25, 0.3) is 5.56 Å². The summed E-state index contributed by atoms with van der Waals surface area (Å²) in [6.07, 6.45) is -3.03. The Morgan fingerprint density at radius 1 is 1.19 bits per heavy atom. The van der Waals surface area contributed by atoms with Gasteiger partial charge in [-0.2, -0.15) is 13.2 Å². The number of nitrogens with zero attached hydrogens (tertiary/aromatic N) is 3. The van der Waals surface area contributed by atoms with Crippen LogP contribution in [0.1, 0.15) is 35.8 Å². The first-order chi connectivity index (χ1) is 17.1. The summed E-state index contributed by atoms with van der Waals surface area (Å²) in [5.74, 6) is -0.606. The Bertz CT molecular complexity index is 1740. The molecular formula is C24H14ClF4N3O3S. The average molecular weight is 536 g/mol. The third kappa shape index (κ3) is 3.73. The van der Waals surface area contributed by atoms with Crippen LogP contribution in [-0.2, 0) is 12.7 Å². The molecule has 1 aliphatic rings. The van der Waals surface area contributed by atoms with E-state index < -0.39 is 29.8 Å². The SMILES string of the molecule is O=c1c2c(nc(-c3ccc(F)cc3C3CC3)n1Cc1cc(C(F)(F)F)no1)sc1c(O)c(Cl)ccc12.